The van der Waals surface area contributed by atoms with Gasteiger partial charge in [-0.1, -0.05) is 6.92 Å². The minimum Gasteiger partial charge on any atom is -0.479 e. The number of carboxylic acids is 1. The lowest BCUT2D eigenvalue weighted by molar-refractivity contribution is -0.385. The first-order chi connectivity index (χ1) is 10.4. The second-order valence-corrected chi connectivity index (χ2v) is 5.21. The molecule has 0 fully saturated rings. The van der Waals surface area contributed by atoms with E-state index in [1.165, 1.54) is 6.92 Å². The van der Waals surface area contributed by atoms with Crippen LogP contribution < -0.4 is 0 Å². The number of nitro benzene ring substituents is 1. The third kappa shape index (κ3) is 4.15. The number of rotatable bonds is 6. The third-order valence-corrected chi connectivity index (χ3v) is 3.27. The first-order valence-electron chi connectivity index (χ1n) is 6.34. The lowest BCUT2D eigenvalue weighted by atomic mass is 9.86. The van der Waals surface area contributed by atoms with Gasteiger partial charge in [-0.3, -0.25) is 10.1 Å². The van der Waals surface area contributed by atoms with Crippen LogP contribution in [0.25, 0.3) is 0 Å². The van der Waals surface area contributed by atoms with Gasteiger partial charge in [-0.2, -0.15) is 13.2 Å². The van der Waals surface area contributed by atoms with Crippen LogP contribution in [0.1, 0.15) is 18.9 Å². The molecule has 2 atom stereocenters. The first kappa shape index (κ1) is 18.8. The number of hydrogen-bond donors (Lipinski definition) is 2. The second-order valence-electron chi connectivity index (χ2n) is 5.21. The van der Waals surface area contributed by atoms with Gasteiger partial charge in [0, 0.05) is 11.6 Å². The first-order valence-corrected chi connectivity index (χ1v) is 6.34. The molecule has 0 heterocycles. The van der Waals surface area contributed by atoms with Crippen LogP contribution in [-0.2, 0) is 11.2 Å². The molecule has 0 saturated heterocycles. The van der Waals surface area contributed by atoms with Crippen molar-refractivity contribution >= 4 is 11.7 Å². The molecule has 10 heteroatoms. The highest BCUT2D eigenvalue weighted by molar-refractivity contribution is 5.78. The van der Waals surface area contributed by atoms with Crippen molar-refractivity contribution in [2.75, 3.05) is 0 Å². The van der Waals surface area contributed by atoms with Crippen LogP contribution in [0.5, 0.6) is 0 Å². The maximum absolute atomic E-state index is 13.2. The van der Waals surface area contributed by atoms with Crippen LogP contribution in [0.2, 0.25) is 0 Å². The number of nitro groups is 1. The zero-order chi connectivity index (χ0) is 18.0. The molecule has 0 radical (unpaired) electrons. The number of alkyl halides is 3. The Balaban J connectivity index is 3.05. The Morgan fingerprint density at radius 1 is 1.39 bits per heavy atom. The van der Waals surface area contributed by atoms with E-state index in [0.29, 0.717) is 0 Å². The van der Waals surface area contributed by atoms with Crippen molar-refractivity contribution in [1.82, 2.24) is 0 Å². The summed E-state index contributed by atoms with van der Waals surface area (Å²) in [5, 5.41) is 28.8. The molecule has 1 aromatic rings. The predicted molar refractivity (Wildman–Crippen MR) is 69.2 cm³/mol. The van der Waals surface area contributed by atoms with Crippen LogP contribution in [0.4, 0.5) is 23.2 Å². The molecule has 0 aliphatic rings. The highest BCUT2D eigenvalue weighted by Crippen LogP contribution is 2.37. The molecule has 1 aromatic carbocycles. The largest absolute Gasteiger partial charge is 0.479 e. The number of hydrogen-bond acceptors (Lipinski definition) is 4. The van der Waals surface area contributed by atoms with E-state index in [4.69, 9.17) is 5.11 Å². The Morgan fingerprint density at radius 3 is 2.39 bits per heavy atom. The van der Waals surface area contributed by atoms with E-state index in [-0.39, 0.29) is 5.56 Å². The SMILES string of the molecule is CC(Cc1cc(F)ccc1[N+](=O)[O-])CC(O)(C(=O)O)C(F)(F)F. The predicted octanol–water partition coefficient (Wildman–Crippen LogP) is 2.68. The number of nitrogens with zero attached hydrogens (tertiary/aromatic N) is 1. The summed E-state index contributed by atoms with van der Waals surface area (Å²) in [6.45, 7) is 1.17. The molecule has 128 valence electrons. The zero-order valence-electron chi connectivity index (χ0n) is 11.8. The van der Waals surface area contributed by atoms with Gasteiger partial charge in [-0.25, -0.2) is 9.18 Å². The Kier molecular flexibility index (Phi) is 5.31. The smallest absolute Gasteiger partial charge is 0.428 e. The van der Waals surface area contributed by atoms with Gasteiger partial charge in [0.05, 0.1) is 4.92 Å². The van der Waals surface area contributed by atoms with Gasteiger partial charge in [0.1, 0.15) is 5.82 Å². The van der Waals surface area contributed by atoms with Crippen LogP contribution in [0.3, 0.4) is 0 Å². The molecule has 0 spiro atoms. The number of halogens is 4. The lowest BCUT2D eigenvalue weighted by Gasteiger charge is -2.28. The van der Waals surface area contributed by atoms with E-state index in [1.807, 2.05) is 0 Å². The summed E-state index contributed by atoms with van der Waals surface area (Å²) in [5.41, 5.74) is -4.66. The van der Waals surface area contributed by atoms with Gasteiger partial charge in [0.2, 0.25) is 0 Å². The molecule has 0 saturated carbocycles. The standard InChI is InChI=1S/C13H13F4NO5/c1-7(6-12(21,11(19)20)13(15,16)17)4-8-5-9(14)2-3-10(8)18(22)23/h2-3,5,7,21H,4,6H2,1H3,(H,19,20). The van der Waals surface area contributed by atoms with Gasteiger partial charge in [-0.05, 0) is 30.9 Å². The molecule has 0 aliphatic carbocycles. The molecule has 0 aliphatic heterocycles. The Labute approximate surface area is 127 Å². The average molecular weight is 339 g/mol. The molecule has 0 amide bonds. The highest BCUT2D eigenvalue weighted by atomic mass is 19.4. The van der Waals surface area contributed by atoms with E-state index in [0.717, 1.165) is 18.2 Å². The van der Waals surface area contributed by atoms with Gasteiger partial charge >= 0.3 is 12.1 Å². The van der Waals surface area contributed by atoms with Crippen molar-refractivity contribution in [2.45, 2.75) is 31.5 Å². The number of benzene rings is 1. The normalized spacial score (nSPS) is 15.7. The zero-order valence-corrected chi connectivity index (χ0v) is 11.8. The quantitative estimate of drug-likeness (QED) is 0.471. The second kappa shape index (κ2) is 6.49. The summed E-state index contributed by atoms with van der Waals surface area (Å²) in [6.07, 6.45) is -7.04. The van der Waals surface area contributed by atoms with Crippen molar-refractivity contribution in [3.05, 3.63) is 39.7 Å². The Hall–Kier alpha value is -2.23. The minimum absolute atomic E-state index is 0.183. The summed E-state index contributed by atoms with van der Waals surface area (Å²) in [7, 11) is 0. The van der Waals surface area contributed by atoms with E-state index in [9.17, 15) is 37.6 Å². The van der Waals surface area contributed by atoms with Gasteiger partial charge < -0.3 is 10.2 Å². The van der Waals surface area contributed by atoms with Crippen molar-refractivity contribution in [3.63, 3.8) is 0 Å². The molecular weight excluding hydrogens is 326 g/mol. The molecule has 6 nitrogen and oxygen atoms in total. The van der Waals surface area contributed by atoms with Crippen molar-refractivity contribution in [1.29, 1.82) is 0 Å². The summed E-state index contributed by atoms with van der Waals surface area (Å²) >= 11 is 0. The summed E-state index contributed by atoms with van der Waals surface area (Å²) in [4.78, 5) is 20.7. The molecule has 0 aromatic heterocycles. The molecule has 0 bridgehead atoms. The van der Waals surface area contributed by atoms with Crippen LogP contribution in [0.15, 0.2) is 18.2 Å². The van der Waals surface area contributed by atoms with Crippen LogP contribution in [0, 0.1) is 21.8 Å². The van der Waals surface area contributed by atoms with Gasteiger partial charge in [0.25, 0.3) is 11.3 Å². The Bertz CT molecular complexity index is 619. The van der Waals surface area contributed by atoms with Gasteiger partial charge in [-0.15, -0.1) is 0 Å². The van der Waals surface area contributed by atoms with E-state index < -0.39 is 52.9 Å². The fraction of sp³-hybridized carbons (Fsp3) is 0.462. The number of carbonyl (C=O) groups is 1. The maximum Gasteiger partial charge on any atom is 0.428 e. The fourth-order valence-electron chi connectivity index (χ4n) is 2.17. The van der Waals surface area contributed by atoms with E-state index in [1.54, 1.807) is 0 Å². The highest BCUT2D eigenvalue weighted by Gasteiger charge is 2.60. The van der Waals surface area contributed by atoms with Crippen molar-refractivity contribution in [3.8, 4) is 0 Å². The monoisotopic (exact) mass is 339 g/mol. The maximum atomic E-state index is 13.2. The van der Waals surface area contributed by atoms with E-state index >= 15 is 0 Å². The summed E-state index contributed by atoms with van der Waals surface area (Å²) in [5.74, 6) is -4.40. The van der Waals surface area contributed by atoms with Gasteiger partial charge in [0.15, 0.2) is 0 Å². The average Bonchev–Trinajstić information content (AvgIpc) is 2.36. The summed E-state index contributed by atoms with van der Waals surface area (Å²) < 4.78 is 51.4. The topological polar surface area (TPSA) is 101 Å². The Morgan fingerprint density at radius 2 is 1.96 bits per heavy atom. The minimum atomic E-state index is -5.42. The molecule has 2 unspecified atom stereocenters. The van der Waals surface area contributed by atoms with E-state index in [2.05, 4.69) is 0 Å². The third-order valence-electron chi connectivity index (χ3n) is 3.27. The summed E-state index contributed by atoms with van der Waals surface area (Å²) in [6, 6.07) is 2.49. The van der Waals surface area contributed by atoms with Crippen molar-refractivity contribution < 1.29 is 37.5 Å². The lowest BCUT2D eigenvalue weighted by Crippen LogP contribution is -2.53. The molecular formula is C13H13F4NO5. The number of aliphatic carboxylic acids is 1. The molecule has 1 rings (SSSR count). The molecule has 23 heavy (non-hydrogen) atoms. The van der Waals surface area contributed by atoms with Crippen LogP contribution in [-0.4, -0.2) is 32.9 Å². The fourth-order valence-corrected chi connectivity index (χ4v) is 2.17. The number of aliphatic hydroxyl groups is 1. The van der Waals surface area contributed by atoms with Crippen molar-refractivity contribution in [2.24, 2.45) is 5.92 Å². The van der Waals surface area contributed by atoms with Crippen LogP contribution >= 0.6 is 0 Å². The number of carboxylic acid groups (broad SMARTS) is 1. The molecule has 2 N–H and O–H groups in total.